The number of aliphatic hydroxyl groups excluding tert-OH is 8. The minimum absolute atomic E-state index is 0. The van der Waals surface area contributed by atoms with Gasteiger partial charge in [-0.3, -0.25) is 0 Å². The third-order valence-electron chi connectivity index (χ3n) is 3.51. The monoisotopic (exact) mass is 360 g/mol. The fraction of sp³-hybridized carbons (Fsp3) is 0.917. The van der Waals surface area contributed by atoms with Crippen LogP contribution in [-0.2, 0) is 14.3 Å². The first-order valence-electron chi connectivity index (χ1n) is 6.84. The van der Waals surface area contributed by atoms with Crippen molar-refractivity contribution in [3.8, 4) is 0 Å². The van der Waals surface area contributed by atoms with Gasteiger partial charge < -0.3 is 60.6 Å². The average molecular weight is 360 g/mol. The molecule has 9 atom stereocenters. The van der Waals surface area contributed by atoms with Crippen molar-refractivity contribution in [2.75, 3.05) is 13.2 Å². The fourth-order valence-electron chi connectivity index (χ4n) is 2.01. The number of carbonyl (C=O) groups is 1. The van der Waals surface area contributed by atoms with E-state index in [0.29, 0.717) is 0 Å². The predicted molar refractivity (Wildman–Crippen MR) is 73.4 cm³/mol. The van der Waals surface area contributed by atoms with E-state index in [-0.39, 0.29) is 11.8 Å². The molecule has 1 saturated heterocycles. The Bertz CT molecular complexity index is 366. The highest BCUT2D eigenvalue weighted by Gasteiger charge is 2.44. The Morgan fingerprint density at radius 3 is 2.08 bits per heavy atom. The molecule has 10 N–H and O–H groups in total. The molecule has 12 nitrogen and oxygen atoms in total. The fourth-order valence-corrected chi connectivity index (χ4v) is 2.01. The van der Waals surface area contributed by atoms with Crippen LogP contribution in [0.4, 0.5) is 0 Å². The van der Waals surface area contributed by atoms with Gasteiger partial charge in [-0.2, -0.15) is 0 Å². The van der Waals surface area contributed by atoms with Gasteiger partial charge in [-0.1, -0.05) is 0 Å². The Morgan fingerprint density at radius 2 is 1.58 bits per heavy atom. The number of aliphatic hydroxyl groups is 8. The summed E-state index contributed by atoms with van der Waals surface area (Å²) in [5.74, 6) is 0. The molecule has 0 aliphatic carbocycles. The minimum atomic E-state index is -1.96. The molecule has 1 aliphatic heterocycles. The second-order valence-electron chi connectivity index (χ2n) is 5.21. The van der Waals surface area contributed by atoms with Crippen LogP contribution in [0, 0.1) is 0 Å². The van der Waals surface area contributed by atoms with E-state index in [2.05, 4.69) is 0 Å². The average Bonchev–Trinajstić information content (AvgIpc) is 2.56. The maximum atomic E-state index is 10.3. The summed E-state index contributed by atoms with van der Waals surface area (Å²) in [5, 5.41) is 75.4. The van der Waals surface area contributed by atoms with Crippen LogP contribution in [-0.4, -0.2) is 121 Å². The van der Waals surface area contributed by atoms with E-state index in [1.807, 2.05) is 0 Å². The highest BCUT2D eigenvalue weighted by atomic mass is 16.7. The molecule has 1 rings (SSSR count). The molecule has 0 aromatic heterocycles. The summed E-state index contributed by atoms with van der Waals surface area (Å²) < 4.78 is 9.94. The smallest absolute Gasteiger partial charge is 0.186 e. The maximum absolute atomic E-state index is 10.3. The summed E-state index contributed by atoms with van der Waals surface area (Å²) in [5.41, 5.74) is 0. The van der Waals surface area contributed by atoms with Gasteiger partial charge in [0.25, 0.3) is 0 Å². The summed E-state index contributed by atoms with van der Waals surface area (Å²) in [6, 6.07) is 0. The summed E-state index contributed by atoms with van der Waals surface area (Å²) in [6.45, 7) is -1.37. The zero-order valence-electron chi connectivity index (χ0n) is 12.5. The lowest BCUT2D eigenvalue weighted by Gasteiger charge is -2.40. The third-order valence-corrected chi connectivity index (χ3v) is 3.51. The standard InChI is InChI=1S/C12H22O11.H2O/c13-1-4(15)7(17)8(18)5(16)3-22-12-11(21)10(20)9(19)6(2-14)23-12;/h1,4-12,14-21H,2-3H2;1H2/t4-,5+,6+,7+,8+,9+,10-,11+,12-;/m0./s1. The van der Waals surface area contributed by atoms with Gasteiger partial charge in [-0.25, -0.2) is 0 Å². The molecule has 0 radical (unpaired) electrons. The molecule has 12 heteroatoms. The van der Waals surface area contributed by atoms with Gasteiger partial charge in [0.15, 0.2) is 12.6 Å². The van der Waals surface area contributed by atoms with Gasteiger partial charge in [-0.05, 0) is 0 Å². The lowest BCUT2D eigenvalue weighted by Crippen LogP contribution is -2.59. The maximum Gasteiger partial charge on any atom is 0.186 e. The summed E-state index contributed by atoms with van der Waals surface area (Å²) in [6.07, 6.45) is -15.3. The van der Waals surface area contributed by atoms with Crippen molar-refractivity contribution in [3.63, 3.8) is 0 Å². The highest BCUT2D eigenvalue weighted by Crippen LogP contribution is 2.22. The van der Waals surface area contributed by atoms with E-state index in [1.54, 1.807) is 0 Å². The Labute approximate surface area is 136 Å². The van der Waals surface area contributed by atoms with Crippen molar-refractivity contribution in [3.05, 3.63) is 0 Å². The molecule has 0 saturated carbocycles. The molecule has 0 aromatic rings. The lowest BCUT2D eigenvalue weighted by molar-refractivity contribution is -0.306. The van der Waals surface area contributed by atoms with Crippen LogP contribution >= 0.6 is 0 Å². The molecule has 0 bridgehead atoms. The molecule has 1 fully saturated rings. The zero-order chi connectivity index (χ0) is 17.7. The van der Waals surface area contributed by atoms with Gasteiger partial charge in [0.1, 0.15) is 48.8 Å². The Morgan fingerprint density at radius 1 is 1.00 bits per heavy atom. The van der Waals surface area contributed by atoms with Crippen LogP contribution in [0.2, 0.25) is 0 Å². The molecule has 1 aliphatic rings. The normalized spacial score (nSPS) is 35.4. The molecule has 0 amide bonds. The topological polar surface area (TPSA) is 229 Å². The van der Waals surface area contributed by atoms with Gasteiger partial charge in [0.05, 0.1) is 13.2 Å². The van der Waals surface area contributed by atoms with E-state index in [9.17, 15) is 35.4 Å². The van der Waals surface area contributed by atoms with Crippen LogP contribution in [0.25, 0.3) is 0 Å². The Balaban J connectivity index is 0.00000529. The minimum Gasteiger partial charge on any atom is -0.412 e. The van der Waals surface area contributed by atoms with Crippen LogP contribution in [0.3, 0.4) is 0 Å². The van der Waals surface area contributed by atoms with Crippen LogP contribution in [0.15, 0.2) is 0 Å². The first-order valence-corrected chi connectivity index (χ1v) is 6.84. The Hall–Kier alpha value is -0.770. The SMILES string of the molecule is O.O=C[C@H](O)[C@@H](O)[C@H](O)[C@H](O)CO[C@H]1O[C@H](CO)[C@@H](O)[C@H](O)[C@H]1O. The third kappa shape index (κ3) is 5.37. The molecule has 0 spiro atoms. The van der Waals surface area contributed by atoms with Crippen LogP contribution in [0.5, 0.6) is 0 Å². The molecule has 144 valence electrons. The number of carbonyl (C=O) groups excluding carboxylic acids is 1. The van der Waals surface area contributed by atoms with Gasteiger partial charge in [-0.15, -0.1) is 0 Å². The Kier molecular flexibility index (Phi) is 9.94. The zero-order valence-corrected chi connectivity index (χ0v) is 12.5. The van der Waals surface area contributed by atoms with Crippen molar-refractivity contribution in [2.45, 2.75) is 55.1 Å². The lowest BCUT2D eigenvalue weighted by atomic mass is 9.99. The predicted octanol–water partition coefficient (Wildman–Crippen LogP) is -6.38. The van der Waals surface area contributed by atoms with Gasteiger partial charge >= 0.3 is 0 Å². The van der Waals surface area contributed by atoms with Crippen LogP contribution in [0.1, 0.15) is 0 Å². The van der Waals surface area contributed by atoms with Crippen molar-refractivity contribution in [1.82, 2.24) is 0 Å². The van der Waals surface area contributed by atoms with E-state index < -0.39 is 68.3 Å². The molecular formula is C12H24O12. The summed E-state index contributed by atoms with van der Waals surface area (Å²) in [4.78, 5) is 10.3. The second kappa shape index (κ2) is 10.3. The number of ether oxygens (including phenoxy) is 2. The van der Waals surface area contributed by atoms with Crippen molar-refractivity contribution >= 4 is 6.29 Å². The number of hydrogen-bond acceptors (Lipinski definition) is 11. The van der Waals surface area contributed by atoms with E-state index >= 15 is 0 Å². The molecule has 0 unspecified atom stereocenters. The number of aldehydes is 1. The van der Waals surface area contributed by atoms with Crippen molar-refractivity contribution in [1.29, 1.82) is 0 Å². The second-order valence-corrected chi connectivity index (χ2v) is 5.21. The molecular weight excluding hydrogens is 336 g/mol. The summed E-state index contributed by atoms with van der Waals surface area (Å²) >= 11 is 0. The molecule has 0 aromatic carbocycles. The largest absolute Gasteiger partial charge is 0.412 e. The van der Waals surface area contributed by atoms with Gasteiger partial charge in [0, 0.05) is 0 Å². The first kappa shape index (κ1) is 23.2. The number of hydrogen-bond donors (Lipinski definition) is 8. The quantitative estimate of drug-likeness (QED) is 0.190. The van der Waals surface area contributed by atoms with E-state index in [1.165, 1.54) is 0 Å². The molecule has 24 heavy (non-hydrogen) atoms. The highest BCUT2D eigenvalue weighted by molar-refractivity contribution is 5.56. The van der Waals surface area contributed by atoms with Crippen LogP contribution < -0.4 is 0 Å². The number of rotatable bonds is 8. The molecule has 1 heterocycles. The van der Waals surface area contributed by atoms with Crippen molar-refractivity contribution < 1.29 is 60.6 Å². The van der Waals surface area contributed by atoms with Gasteiger partial charge in [0.2, 0.25) is 0 Å². The summed E-state index contributed by atoms with van der Waals surface area (Å²) in [7, 11) is 0. The first-order chi connectivity index (χ1) is 10.7. The van der Waals surface area contributed by atoms with E-state index in [0.717, 1.165) is 0 Å². The van der Waals surface area contributed by atoms with E-state index in [4.69, 9.17) is 19.7 Å². The van der Waals surface area contributed by atoms with Crippen molar-refractivity contribution in [2.24, 2.45) is 0 Å².